The first kappa shape index (κ1) is 17.4. The molecule has 1 amide bonds. The molecule has 0 bridgehead atoms. The van der Waals surface area contributed by atoms with Gasteiger partial charge in [-0.15, -0.1) is 0 Å². The Hall–Kier alpha value is -1.99. The van der Waals surface area contributed by atoms with Gasteiger partial charge in [-0.3, -0.25) is 9.69 Å². The van der Waals surface area contributed by atoms with Gasteiger partial charge < -0.3 is 15.4 Å². The second-order valence-electron chi connectivity index (χ2n) is 5.64. The van der Waals surface area contributed by atoms with Crippen LogP contribution in [0.2, 0.25) is 0 Å². The van der Waals surface area contributed by atoms with Gasteiger partial charge in [-0.2, -0.15) is 4.99 Å². The van der Waals surface area contributed by atoms with Gasteiger partial charge in [0.15, 0.2) is 5.84 Å². The van der Waals surface area contributed by atoms with Crippen molar-refractivity contribution in [3.05, 3.63) is 24.2 Å². The van der Waals surface area contributed by atoms with E-state index in [2.05, 4.69) is 21.5 Å². The number of allylic oxidation sites excluding steroid dienone is 1. The largest absolute Gasteiger partial charge is 0.481 e. The smallest absolute Gasteiger partial charge is 0.270 e. The molecule has 0 aliphatic carbocycles. The van der Waals surface area contributed by atoms with E-state index in [9.17, 15) is 4.79 Å². The van der Waals surface area contributed by atoms with Gasteiger partial charge in [-0.05, 0) is 38.9 Å². The molecule has 2 heterocycles. The van der Waals surface area contributed by atoms with E-state index in [4.69, 9.17) is 10.5 Å². The Labute approximate surface area is 137 Å². The fraction of sp³-hybridized carbons (Fsp3) is 0.562. The molecular weight excluding hydrogens is 294 g/mol. The zero-order valence-corrected chi connectivity index (χ0v) is 13.9. The zero-order valence-electron chi connectivity index (χ0n) is 13.9. The van der Waals surface area contributed by atoms with Crippen molar-refractivity contribution in [1.82, 2.24) is 9.80 Å². The number of piperidine rings is 1. The number of amides is 1. The molecule has 0 atom stereocenters. The minimum atomic E-state index is -0.184. The second-order valence-corrected chi connectivity index (χ2v) is 5.64. The molecule has 2 N–H and O–H groups in total. The van der Waals surface area contributed by atoms with E-state index in [0.29, 0.717) is 30.0 Å². The molecule has 2 rings (SSSR count). The van der Waals surface area contributed by atoms with Crippen LogP contribution in [-0.2, 0) is 9.53 Å². The van der Waals surface area contributed by atoms with Crippen molar-refractivity contribution in [2.45, 2.75) is 25.8 Å². The Kier molecular flexibility index (Phi) is 6.06. The van der Waals surface area contributed by atoms with E-state index in [1.54, 1.807) is 11.0 Å². The summed E-state index contributed by atoms with van der Waals surface area (Å²) >= 11 is 0. The molecule has 0 aromatic rings. The number of hydrogen-bond donors (Lipinski definition) is 1. The van der Waals surface area contributed by atoms with Crippen LogP contribution in [0.25, 0.3) is 0 Å². The molecule has 1 fully saturated rings. The Balaban J connectivity index is 2.08. The van der Waals surface area contributed by atoms with Crippen molar-refractivity contribution in [2.24, 2.45) is 15.7 Å². The minimum Gasteiger partial charge on any atom is -0.481 e. The highest BCUT2D eigenvalue weighted by Gasteiger charge is 2.26. The van der Waals surface area contributed by atoms with Crippen molar-refractivity contribution in [3.8, 4) is 0 Å². The molecule has 23 heavy (non-hydrogen) atoms. The fourth-order valence-electron chi connectivity index (χ4n) is 2.61. The number of methoxy groups -OCH3 is 1. The number of nitrogens with two attached hydrogens (primary N) is 1. The van der Waals surface area contributed by atoms with Gasteiger partial charge in [-0.1, -0.05) is 6.58 Å². The topological polar surface area (TPSA) is 83.5 Å². The summed E-state index contributed by atoms with van der Waals surface area (Å²) in [5.41, 5.74) is 6.38. The van der Waals surface area contributed by atoms with Crippen molar-refractivity contribution < 1.29 is 9.53 Å². The molecule has 2 aliphatic heterocycles. The summed E-state index contributed by atoms with van der Waals surface area (Å²) in [6.45, 7) is 8.93. The molecule has 0 aromatic carbocycles. The second kappa shape index (κ2) is 8.03. The predicted octanol–water partition coefficient (Wildman–Crippen LogP) is 0.742. The minimum absolute atomic E-state index is 0.184. The molecule has 0 aromatic heterocycles. The number of likely N-dealkylation sites (tertiary alicyclic amines) is 1. The molecule has 0 radical (unpaired) electrons. The van der Waals surface area contributed by atoms with E-state index < -0.39 is 0 Å². The predicted molar refractivity (Wildman–Crippen MR) is 91.2 cm³/mol. The van der Waals surface area contributed by atoms with E-state index in [-0.39, 0.29) is 5.91 Å². The number of rotatable bonds is 5. The van der Waals surface area contributed by atoms with E-state index in [0.717, 1.165) is 32.5 Å². The Morgan fingerprint density at radius 2 is 2.22 bits per heavy atom. The van der Waals surface area contributed by atoms with Gasteiger partial charge in [0.1, 0.15) is 0 Å². The summed E-state index contributed by atoms with van der Waals surface area (Å²) in [5.74, 6) is 0.692. The van der Waals surface area contributed by atoms with Crippen LogP contribution in [0, 0.1) is 0 Å². The van der Waals surface area contributed by atoms with Crippen LogP contribution in [0.4, 0.5) is 0 Å². The molecule has 2 aliphatic rings. The summed E-state index contributed by atoms with van der Waals surface area (Å²) in [5, 5.41) is 0. The van der Waals surface area contributed by atoms with Crippen molar-refractivity contribution >= 4 is 18.0 Å². The number of nitrogens with zero attached hydrogens (tertiary/aromatic N) is 4. The lowest BCUT2D eigenvalue weighted by Crippen LogP contribution is -2.47. The SMILES string of the molecule is C=C1N=CC(=O)N(CCN2CCC(N)CC2)C1=N/C(=C\C)OC. The molecule has 0 saturated carbocycles. The van der Waals surface area contributed by atoms with E-state index >= 15 is 0 Å². The molecule has 7 heteroatoms. The van der Waals surface area contributed by atoms with Crippen LogP contribution < -0.4 is 5.73 Å². The Morgan fingerprint density at radius 3 is 2.83 bits per heavy atom. The normalized spacial score (nSPS) is 23.0. The third-order valence-corrected chi connectivity index (χ3v) is 4.05. The van der Waals surface area contributed by atoms with Crippen LogP contribution in [0.15, 0.2) is 34.2 Å². The van der Waals surface area contributed by atoms with E-state index in [1.807, 2.05) is 6.92 Å². The first-order valence-electron chi connectivity index (χ1n) is 7.87. The van der Waals surface area contributed by atoms with Gasteiger partial charge in [0.05, 0.1) is 19.0 Å². The summed E-state index contributed by atoms with van der Waals surface area (Å²) in [6, 6.07) is 0.297. The molecular formula is C16H25N5O2. The number of ether oxygens (including phenoxy) is 1. The summed E-state index contributed by atoms with van der Waals surface area (Å²) in [7, 11) is 1.54. The van der Waals surface area contributed by atoms with Crippen LogP contribution in [0.1, 0.15) is 19.8 Å². The highest BCUT2D eigenvalue weighted by molar-refractivity contribution is 6.34. The third kappa shape index (κ3) is 4.49. The first-order chi connectivity index (χ1) is 11.0. The number of aliphatic imine (C=N–C) groups is 2. The van der Waals surface area contributed by atoms with Crippen molar-refractivity contribution in [1.29, 1.82) is 0 Å². The van der Waals surface area contributed by atoms with Crippen LogP contribution in [-0.4, -0.2) is 67.1 Å². The number of amidine groups is 1. The molecule has 1 saturated heterocycles. The quantitative estimate of drug-likeness (QED) is 0.758. The standard InChI is InChI=1S/C16H25N5O2/c1-4-14(23-3)19-16-12(2)18-11-15(22)21(16)10-9-20-7-5-13(17)6-8-20/h4,11,13H,2,5-10,17H2,1,3H3/b14-4+,19-16?. The molecule has 7 nitrogen and oxygen atoms in total. The summed E-state index contributed by atoms with van der Waals surface area (Å²) in [6.07, 6.45) is 5.01. The maximum absolute atomic E-state index is 12.2. The van der Waals surface area contributed by atoms with Crippen molar-refractivity contribution in [2.75, 3.05) is 33.3 Å². The lowest BCUT2D eigenvalue weighted by atomic mass is 10.1. The molecule has 0 spiro atoms. The highest BCUT2D eigenvalue weighted by atomic mass is 16.5. The van der Waals surface area contributed by atoms with Crippen LogP contribution >= 0.6 is 0 Å². The maximum Gasteiger partial charge on any atom is 0.270 e. The third-order valence-electron chi connectivity index (χ3n) is 4.05. The lowest BCUT2D eigenvalue weighted by Gasteiger charge is -2.33. The Bertz CT molecular complexity index is 545. The number of carbonyl (C=O) groups excluding carboxylic acids is 1. The number of carbonyl (C=O) groups is 1. The van der Waals surface area contributed by atoms with Gasteiger partial charge in [0, 0.05) is 19.1 Å². The first-order valence-corrected chi connectivity index (χ1v) is 7.87. The van der Waals surface area contributed by atoms with Gasteiger partial charge in [-0.25, -0.2) is 4.99 Å². The fourth-order valence-corrected chi connectivity index (χ4v) is 2.61. The van der Waals surface area contributed by atoms with Gasteiger partial charge in [0.2, 0.25) is 5.88 Å². The van der Waals surface area contributed by atoms with Gasteiger partial charge in [0.25, 0.3) is 5.91 Å². The summed E-state index contributed by atoms with van der Waals surface area (Å²) in [4.78, 5) is 24.5. The summed E-state index contributed by atoms with van der Waals surface area (Å²) < 4.78 is 5.16. The number of hydrogen-bond acceptors (Lipinski definition) is 6. The van der Waals surface area contributed by atoms with E-state index in [1.165, 1.54) is 13.3 Å². The van der Waals surface area contributed by atoms with Crippen LogP contribution in [0.3, 0.4) is 0 Å². The monoisotopic (exact) mass is 319 g/mol. The zero-order chi connectivity index (χ0) is 16.8. The molecule has 0 unspecified atom stereocenters. The lowest BCUT2D eigenvalue weighted by molar-refractivity contribution is -0.120. The molecule has 126 valence electrons. The van der Waals surface area contributed by atoms with Crippen LogP contribution in [0.5, 0.6) is 0 Å². The average Bonchev–Trinajstić information content (AvgIpc) is 2.56. The average molecular weight is 319 g/mol. The maximum atomic E-state index is 12.2. The Morgan fingerprint density at radius 1 is 1.52 bits per heavy atom. The van der Waals surface area contributed by atoms with Gasteiger partial charge >= 0.3 is 0 Å². The van der Waals surface area contributed by atoms with Crippen molar-refractivity contribution in [3.63, 3.8) is 0 Å². The highest BCUT2D eigenvalue weighted by Crippen LogP contribution is 2.14.